The minimum atomic E-state index is 0.463. The molecule has 0 fully saturated rings. The molecule has 0 aliphatic rings. The van der Waals surface area contributed by atoms with Gasteiger partial charge in [0.05, 0.1) is 11.9 Å². The maximum absolute atomic E-state index is 5.81. The van der Waals surface area contributed by atoms with Crippen molar-refractivity contribution in [1.82, 2.24) is 24.1 Å². The van der Waals surface area contributed by atoms with E-state index in [2.05, 4.69) is 15.1 Å². The van der Waals surface area contributed by atoms with E-state index >= 15 is 0 Å². The van der Waals surface area contributed by atoms with Crippen LogP contribution in [0.1, 0.15) is 0 Å². The van der Waals surface area contributed by atoms with Gasteiger partial charge in [0.2, 0.25) is 0 Å². The van der Waals surface area contributed by atoms with Gasteiger partial charge in [0, 0.05) is 31.1 Å². The van der Waals surface area contributed by atoms with E-state index < -0.39 is 0 Å². The summed E-state index contributed by atoms with van der Waals surface area (Å²) in [5, 5.41) is 4.56. The number of aromatic nitrogens is 5. The van der Waals surface area contributed by atoms with Crippen molar-refractivity contribution in [1.29, 1.82) is 0 Å². The van der Waals surface area contributed by atoms with Crippen LogP contribution in [0.2, 0.25) is 5.15 Å². The largest absolute Gasteiger partial charge is 0.289 e. The zero-order valence-corrected chi connectivity index (χ0v) is 9.26. The zero-order valence-electron chi connectivity index (χ0n) is 8.50. The van der Waals surface area contributed by atoms with Gasteiger partial charge in [-0.05, 0) is 0 Å². The van der Waals surface area contributed by atoms with Crippen LogP contribution >= 0.6 is 11.6 Å². The first-order valence-electron chi connectivity index (χ1n) is 4.71. The Bertz CT molecular complexity index is 654. The minimum Gasteiger partial charge on any atom is -0.289 e. The molecule has 0 aromatic carbocycles. The molecule has 3 rings (SSSR count). The monoisotopic (exact) mass is 233 g/mol. The zero-order chi connectivity index (χ0) is 11.1. The first-order valence-corrected chi connectivity index (χ1v) is 5.09. The van der Waals surface area contributed by atoms with E-state index in [4.69, 9.17) is 11.6 Å². The van der Waals surface area contributed by atoms with Gasteiger partial charge in [-0.3, -0.25) is 9.08 Å². The highest BCUT2D eigenvalue weighted by molar-refractivity contribution is 6.29. The molecule has 3 heterocycles. The number of rotatable bonds is 1. The molecule has 0 aliphatic heterocycles. The second kappa shape index (κ2) is 3.31. The average Bonchev–Trinajstić information content (AvgIpc) is 2.81. The van der Waals surface area contributed by atoms with Gasteiger partial charge >= 0.3 is 0 Å². The molecule has 6 heteroatoms. The van der Waals surface area contributed by atoms with E-state index in [0.29, 0.717) is 5.15 Å². The van der Waals surface area contributed by atoms with Gasteiger partial charge in [0.1, 0.15) is 17.1 Å². The molecule has 0 saturated carbocycles. The SMILES string of the molecule is Cn1cc(-c2cc3nc(Cl)cn3cn2)cn1. The molecule has 5 nitrogen and oxygen atoms in total. The molecule has 80 valence electrons. The fourth-order valence-corrected chi connectivity index (χ4v) is 1.76. The standard InChI is InChI=1S/C10H8ClN5/c1-15-4-7(3-13-15)8-2-10-14-9(11)5-16(10)6-12-8/h2-6H,1H3. The second-order valence-corrected chi connectivity index (χ2v) is 3.89. The fraction of sp³-hybridized carbons (Fsp3) is 0.100. The Morgan fingerprint density at radius 1 is 1.31 bits per heavy atom. The molecule has 3 aromatic heterocycles. The maximum atomic E-state index is 5.81. The van der Waals surface area contributed by atoms with Crippen molar-refractivity contribution in [3.63, 3.8) is 0 Å². The lowest BCUT2D eigenvalue weighted by atomic mass is 10.2. The van der Waals surface area contributed by atoms with Crippen molar-refractivity contribution in [3.05, 3.63) is 36.1 Å². The fourth-order valence-electron chi connectivity index (χ4n) is 1.57. The predicted molar refractivity (Wildman–Crippen MR) is 60.2 cm³/mol. The van der Waals surface area contributed by atoms with Gasteiger partial charge in [-0.1, -0.05) is 11.6 Å². The number of aryl methyl sites for hydroxylation is 1. The predicted octanol–water partition coefficient (Wildman–Crippen LogP) is 1.78. The highest BCUT2D eigenvalue weighted by Gasteiger charge is 2.05. The summed E-state index contributed by atoms with van der Waals surface area (Å²) in [4.78, 5) is 8.48. The van der Waals surface area contributed by atoms with Crippen LogP contribution in [-0.2, 0) is 7.05 Å². The highest BCUT2D eigenvalue weighted by Crippen LogP contribution is 2.18. The summed E-state index contributed by atoms with van der Waals surface area (Å²) in [5.74, 6) is 0. The normalized spacial score (nSPS) is 11.1. The number of nitrogens with zero attached hydrogens (tertiary/aromatic N) is 5. The van der Waals surface area contributed by atoms with Crippen LogP contribution < -0.4 is 0 Å². The van der Waals surface area contributed by atoms with Crippen LogP contribution in [-0.4, -0.2) is 24.1 Å². The minimum absolute atomic E-state index is 0.463. The first-order chi connectivity index (χ1) is 7.72. The third-order valence-corrected chi connectivity index (χ3v) is 2.50. The third-order valence-electron chi connectivity index (χ3n) is 2.32. The Morgan fingerprint density at radius 3 is 2.94 bits per heavy atom. The van der Waals surface area contributed by atoms with Crippen LogP contribution in [0.4, 0.5) is 0 Å². The van der Waals surface area contributed by atoms with Gasteiger partial charge in [-0.25, -0.2) is 9.97 Å². The summed E-state index contributed by atoms with van der Waals surface area (Å²) in [5.41, 5.74) is 2.57. The number of fused-ring (bicyclic) bond motifs is 1. The van der Waals surface area contributed by atoms with E-state index in [-0.39, 0.29) is 0 Å². The molecular weight excluding hydrogens is 226 g/mol. The number of halogens is 1. The van der Waals surface area contributed by atoms with Crippen LogP contribution in [0.3, 0.4) is 0 Å². The van der Waals surface area contributed by atoms with Crippen molar-refractivity contribution in [3.8, 4) is 11.3 Å². The van der Waals surface area contributed by atoms with Gasteiger partial charge in [-0.2, -0.15) is 5.10 Å². The highest BCUT2D eigenvalue weighted by atomic mass is 35.5. The van der Waals surface area contributed by atoms with Crippen LogP contribution in [0, 0.1) is 0 Å². The number of hydrogen-bond donors (Lipinski definition) is 0. The third kappa shape index (κ3) is 1.45. The molecule has 0 radical (unpaired) electrons. The van der Waals surface area contributed by atoms with Gasteiger partial charge in [0.15, 0.2) is 0 Å². The number of hydrogen-bond acceptors (Lipinski definition) is 3. The Labute approximate surface area is 96.3 Å². The molecule has 0 amide bonds. The van der Waals surface area contributed by atoms with Crippen LogP contribution in [0.5, 0.6) is 0 Å². The van der Waals surface area contributed by atoms with Crippen molar-refractivity contribution < 1.29 is 0 Å². The summed E-state index contributed by atoms with van der Waals surface area (Å²) in [6.07, 6.45) is 7.08. The van der Waals surface area contributed by atoms with Gasteiger partial charge < -0.3 is 0 Å². The van der Waals surface area contributed by atoms with Gasteiger partial charge in [-0.15, -0.1) is 0 Å². The Morgan fingerprint density at radius 2 is 2.19 bits per heavy atom. The summed E-state index contributed by atoms with van der Waals surface area (Å²) in [7, 11) is 1.87. The summed E-state index contributed by atoms with van der Waals surface area (Å²) in [6.45, 7) is 0. The molecule has 0 atom stereocenters. The van der Waals surface area contributed by atoms with E-state index in [0.717, 1.165) is 16.9 Å². The Balaban J connectivity index is 2.17. The number of imidazole rings is 1. The quantitative estimate of drug-likeness (QED) is 0.644. The lowest BCUT2D eigenvalue weighted by Crippen LogP contribution is -1.88. The summed E-state index contributed by atoms with van der Waals surface area (Å²) in [6, 6.07) is 1.88. The van der Waals surface area contributed by atoms with Gasteiger partial charge in [0.25, 0.3) is 0 Å². The lowest BCUT2D eigenvalue weighted by Gasteiger charge is -1.96. The average molecular weight is 234 g/mol. The Hall–Kier alpha value is -1.88. The van der Waals surface area contributed by atoms with Crippen molar-refractivity contribution >= 4 is 17.2 Å². The molecule has 0 N–H and O–H groups in total. The van der Waals surface area contributed by atoms with Crippen molar-refractivity contribution in [2.45, 2.75) is 0 Å². The topological polar surface area (TPSA) is 48.0 Å². The summed E-state index contributed by atoms with van der Waals surface area (Å²) < 4.78 is 3.52. The van der Waals surface area contributed by atoms with Crippen molar-refractivity contribution in [2.75, 3.05) is 0 Å². The molecule has 0 spiro atoms. The molecule has 0 saturated heterocycles. The van der Waals surface area contributed by atoms with Crippen molar-refractivity contribution in [2.24, 2.45) is 7.05 Å². The Kier molecular flexibility index (Phi) is 1.94. The van der Waals surface area contributed by atoms with Crippen LogP contribution in [0.15, 0.2) is 31.0 Å². The van der Waals surface area contributed by atoms with E-state index in [9.17, 15) is 0 Å². The second-order valence-electron chi connectivity index (χ2n) is 3.51. The lowest BCUT2D eigenvalue weighted by molar-refractivity contribution is 0.768. The van der Waals surface area contributed by atoms with E-state index in [1.54, 1.807) is 27.8 Å². The summed E-state index contributed by atoms with van der Waals surface area (Å²) >= 11 is 5.81. The van der Waals surface area contributed by atoms with E-state index in [1.165, 1.54) is 0 Å². The molecule has 0 unspecified atom stereocenters. The molecule has 16 heavy (non-hydrogen) atoms. The molecule has 3 aromatic rings. The maximum Gasteiger partial charge on any atom is 0.148 e. The van der Waals surface area contributed by atoms with Crippen LogP contribution in [0.25, 0.3) is 16.9 Å². The van der Waals surface area contributed by atoms with E-state index in [1.807, 2.05) is 19.3 Å². The smallest absolute Gasteiger partial charge is 0.148 e. The molecular formula is C10H8ClN5. The molecule has 0 bridgehead atoms. The first kappa shape index (κ1) is 9.35. The molecule has 0 aliphatic carbocycles.